The van der Waals surface area contributed by atoms with E-state index in [0.717, 1.165) is 18.5 Å². The maximum atomic E-state index is 9.38. The summed E-state index contributed by atoms with van der Waals surface area (Å²) in [7, 11) is 0. The van der Waals surface area contributed by atoms with Gasteiger partial charge in [0.2, 0.25) is 0 Å². The monoisotopic (exact) mass is 259 g/mol. The Hall–Kier alpha value is -1.44. The predicted octanol–water partition coefficient (Wildman–Crippen LogP) is 1.84. The fraction of sp³-hybridized carbons (Fsp3) is 0.600. The van der Waals surface area contributed by atoms with Gasteiger partial charge < -0.3 is 10.4 Å². The first-order chi connectivity index (χ1) is 9.35. The third kappa shape index (κ3) is 3.76. The first-order valence-electron chi connectivity index (χ1n) is 7.00. The van der Waals surface area contributed by atoms with Crippen LogP contribution in [0, 0.1) is 23.2 Å². The Balaban J connectivity index is 1.84. The zero-order valence-electron chi connectivity index (χ0n) is 11.2. The first-order valence-corrected chi connectivity index (χ1v) is 7.00. The summed E-state index contributed by atoms with van der Waals surface area (Å²) in [5.74, 6) is 0.992. The van der Waals surface area contributed by atoms with E-state index in [1.807, 2.05) is 12.1 Å². The average Bonchev–Trinajstić information content (AvgIpc) is 2.48. The second-order valence-electron chi connectivity index (χ2n) is 5.24. The minimum Gasteiger partial charge on any atom is -0.396 e. The Kier molecular flexibility index (Phi) is 5.31. The van der Waals surface area contributed by atoms with Crippen LogP contribution in [0.5, 0.6) is 0 Å². The lowest BCUT2D eigenvalue weighted by atomic mass is 9.79. The van der Waals surface area contributed by atoms with E-state index in [1.165, 1.54) is 19.3 Å². The molecule has 2 N–H and O–H groups in total. The van der Waals surface area contributed by atoms with Crippen LogP contribution in [0.25, 0.3) is 0 Å². The highest BCUT2D eigenvalue weighted by atomic mass is 16.3. The lowest BCUT2D eigenvalue weighted by molar-refractivity contribution is 0.133. The van der Waals surface area contributed by atoms with Crippen LogP contribution in [0.4, 0.5) is 0 Å². The molecule has 2 unspecified atom stereocenters. The number of hydrogen-bond donors (Lipinski definition) is 2. The molecule has 1 aliphatic carbocycles. The van der Waals surface area contributed by atoms with E-state index < -0.39 is 0 Å². The smallest absolute Gasteiger partial charge is 0.144 e. The molecule has 0 aliphatic heterocycles. The molecule has 1 aromatic rings. The van der Waals surface area contributed by atoms with E-state index in [9.17, 15) is 5.11 Å². The van der Waals surface area contributed by atoms with Crippen LogP contribution in [0.3, 0.4) is 0 Å². The number of nitrogens with zero attached hydrogens (tertiary/aromatic N) is 2. The van der Waals surface area contributed by atoms with E-state index in [1.54, 1.807) is 6.20 Å². The van der Waals surface area contributed by atoms with Crippen LogP contribution in [-0.2, 0) is 6.54 Å². The van der Waals surface area contributed by atoms with Crippen molar-refractivity contribution < 1.29 is 5.11 Å². The van der Waals surface area contributed by atoms with Crippen molar-refractivity contribution >= 4 is 0 Å². The van der Waals surface area contributed by atoms with Gasteiger partial charge in [0.15, 0.2) is 0 Å². The summed E-state index contributed by atoms with van der Waals surface area (Å²) in [6.07, 6.45) is 6.47. The SMILES string of the molecule is N#Cc1ncccc1CNCC1CCCCC1CO. The van der Waals surface area contributed by atoms with E-state index >= 15 is 0 Å². The molecule has 4 heteroatoms. The maximum Gasteiger partial charge on any atom is 0.144 e. The summed E-state index contributed by atoms with van der Waals surface area (Å²) >= 11 is 0. The molecular formula is C15H21N3O. The molecule has 1 aromatic heterocycles. The second-order valence-corrected chi connectivity index (χ2v) is 5.24. The number of aliphatic hydroxyl groups is 1. The molecule has 102 valence electrons. The quantitative estimate of drug-likeness (QED) is 0.846. The van der Waals surface area contributed by atoms with Crippen LogP contribution in [0.2, 0.25) is 0 Å². The predicted molar refractivity (Wildman–Crippen MR) is 73.2 cm³/mol. The molecule has 2 atom stereocenters. The van der Waals surface area contributed by atoms with E-state index in [-0.39, 0.29) is 0 Å². The van der Waals surface area contributed by atoms with Gasteiger partial charge in [-0.15, -0.1) is 0 Å². The van der Waals surface area contributed by atoms with Gasteiger partial charge in [0.25, 0.3) is 0 Å². The number of pyridine rings is 1. The largest absolute Gasteiger partial charge is 0.396 e. The molecule has 4 nitrogen and oxygen atoms in total. The third-order valence-electron chi connectivity index (χ3n) is 4.02. The van der Waals surface area contributed by atoms with E-state index in [4.69, 9.17) is 5.26 Å². The second kappa shape index (κ2) is 7.22. The molecule has 0 saturated heterocycles. The molecule has 0 amide bonds. The van der Waals surface area contributed by atoms with E-state index in [0.29, 0.717) is 30.7 Å². The topological polar surface area (TPSA) is 68.9 Å². The molecular weight excluding hydrogens is 238 g/mol. The van der Waals surface area contributed by atoms with Crippen molar-refractivity contribution in [1.29, 1.82) is 5.26 Å². The first kappa shape index (κ1) is 14.0. The van der Waals surface area contributed by atoms with Crippen LogP contribution in [-0.4, -0.2) is 23.2 Å². The van der Waals surface area contributed by atoms with Gasteiger partial charge in [-0.25, -0.2) is 4.98 Å². The highest BCUT2D eigenvalue weighted by Crippen LogP contribution is 2.29. The summed E-state index contributed by atoms with van der Waals surface area (Å²) in [6.45, 7) is 1.87. The van der Waals surface area contributed by atoms with Crippen LogP contribution in [0.15, 0.2) is 18.3 Å². The summed E-state index contributed by atoms with van der Waals surface area (Å²) in [6, 6.07) is 5.90. The minimum absolute atomic E-state index is 0.294. The molecule has 1 heterocycles. The number of nitriles is 1. The van der Waals surface area contributed by atoms with Gasteiger partial charge in [-0.3, -0.25) is 0 Å². The number of hydrogen-bond acceptors (Lipinski definition) is 4. The van der Waals surface area contributed by atoms with Gasteiger partial charge in [-0.2, -0.15) is 5.26 Å². The summed E-state index contributed by atoms with van der Waals surface area (Å²) in [4.78, 5) is 4.05. The third-order valence-corrected chi connectivity index (χ3v) is 4.02. The van der Waals surface area contributed by atoms with Crippen molar-refractivity contribution in [2.24, 2.45) is 11.8 Å². The number of rotatable bonds is 5. The molecule has 19 heavy (non-hydrogen) atoms. The number of aliphatic hydroxyl groups excluding tert-OH is 1. The van der Waals surface area contributed by atoms with Gasteiger partial charge >= 0.3 is 0 Å². The van der Waals surface area contributed by atoms with Gasteiger partial charge in [0.1, 0.15) is 11.8 Å². The molecule has 2 rings (SSSR count). The normalized spacial score (nSPS) is 22.9. The zero-order chi connectivity index (χ0) is 13.5. The maximum absolute atomic E-state index is 9.38. The molecule has 0 bridgehead atoms. The lowest BCUT2D eigenvalue weighted by Gasteiger charge is -2.30. The van der Waals surface area contributed by atoms with Crippen molar-refractivity contribution in [3.63, 3.8) is 0 Å². The van der Waals surface area contributed by atoms with Gasteiger partial charge in [0, 0.05) is 24.9 Å². The average molecular weight is 259 g/mol. The Labute approximate surface area is 114 Å². The lowest BCUT2D eigenvalue weighted by Crippen LogP contribution is -2.32. The Morgan fingerprint density at radius 1 is 1.37 bits per heavy atom. The number of nitrogens with one attached hydrogen (secondary N) is 1. The Morgan fingerprint density at radius 3 is 2.89 bits per heavy atom. The van der Waals surface area contributed by atoms with Crippen molar-refractivity contribution in [3.05, 3.63) is 29.6 Å². The van der Waals surface area contributed by atoms with Crippen LogP contribution in [0.1, 0.15) is 36.9 Å². The molecule has 0 aromatic carbocycles. The van der Waals surface area contributed by atoms with Crippen LogP contribution >= 0.6 is 0 Å². The Morgan fingerprint density at radius 2 is 2.16 bits per heavy atom. The fourth-order valence-electron chi connectivity index (χ4n) is 2.87. The van der Waals surface area contributed by atoms with Crippen molar-refractivity contribution in [2.75, 3.05) is 13.2 Å². The zero-order valence-corrected chi connectivity index (χ0v) is 11.2. The molecule has 0 spiro atoms. The van der Waals surface area contributed by atoms with Crippen LogP contribution < -0.4 is 5.32 Å². The summed E-state index contributed by atoms with van der Waals surface area (Å²) in [5.41, 5.74) is 1.44. The van der Waals surface area contributed by atoms with Gasteiger partial charge in [-0.1, -0.05) is 18.9 Å². The highest BCUT2D eigenvalue weighted by molar-refractivity contribution is 5.30. The Bertz CT molecular complexity index is 441. The molecule has 1 saturated carbocycles. The van der Waals surface area contributed by atoms with Crippen molar-refractivity contribution in [3.8, 4) is 6.07 Å². The van der Waals surface area contributed by atoms with Crippen molar-refractivity contribution in [2.45, 2.75) is 32.2 Å². The summed E-state index contributed by atoms with van der Waals surface area (Å²) in [5, 5.41) is 21.8. The van der Waals surface area contributed by atoms with Gasteiger partial charge in [-0.05, 0) is 37.3 Å². The highest BCUT2D eigenvalue weighted by Gasteiger charge is 2.23. The standard InChI is InChI=1S/C15H21N3O/c16-8-15-13(6-3-7-18-15)10-17-9-12-4-1-2-5-14(12)11-19/h3,6-7,12,14,17,19H,1-2,4-5,9-11H2. The molecule has 0 radical (unpaired) electrons. The van der Waals surface area contributed by atoms with E-state index in [2.05, 4.69) is 16.4 Å². The molecule has 1 aliphatic rings. The minimum atomic E-state index is 0.294. The van der Waals surface area contributed by atoms with Gasteiger partial charge in [0.05, 0.1) is 0 Å². The molecule has 1 fully saturated rings. The fourth-order valence-corrected chi connectivity index (χ4v) is 2.87. The van der Waals surface area contributed by atoms with Crippen molar-refractivity contribution in [1.82, 2.24) is 10.3 Å². The number of aromatic nitrogens is 1. The summed E-state index contributed by atoms with van der Waals surface area (Å²) < 4.78 is 0.